The van der Waals surface area contributed by atoms with Gasteiger partial charge in [-0.1, -0.05) is 0 Å². The molecule has 29 heavy (non-hydrogen) atoms. The van der Waals surface area contributed by atoms with E-state index in [2.05, 4.69) is 10.3 Å². The molecule has 1 aromatic heterocycles. The van der Waals surface area contributed by atoms with Gasteiger partial charge >= 0.3 is 0 Å². The minimum atomic E-state index is -0.0981. The van der Waals surface area contributed by atoms with E-state index in [-0.39, 0.29) is 11.8 Å². The van der Waals surface area contributed by atoms with Gasteiger partial charge in [0.15, 0.2) is 0 Å². The van der Waals surface area contributed by atoms with Crippen LogP contribution in [0.3, 0.4) is 0 Å². The number of hydrogen-bond acceptors (Lipinski definition) is 5. The molecule has 0 atom stereocenters. The SMILES string of the molecule is COc1ccc(-c2nc3ccc(C(=O)NCCCN4CCCC4=O)cc3s2)cc1. The molecular formula is C22H23N3O3S. The van der Waals surface area contributed by atoms with Crippen LogP contribution in [-0.2, 0) is 4.79 Å². The highest BCUT2D eigenvalue weighted by atomic mass is 32.1. The highest BCUT2D eigenvalue weighted by Crippen LogP contribution is 2.31. The van der Waals surface area contributed by atoms with E-state index in [1.165, 1.54) is 0 Å². The number of carbonyl (C=O) groups excluding carboxylic acids is 2. The lowest BCUT2D eigenvalue weighted by molar-refractivity contribution is -0.127. The molecule has 2 amide bonds. The number of likely N-dealkylation sites (tertiary alicyclic amines) is 1. The van der Waals surface area contributed by atoms with E-state index in [0.717, 1.165) is 45.9 Å². The van der Waals surface area contributed by atoms with Gasteiger partial charge in [-0.25, -0.2) is 4.98 Å². The minimum Gasteiger partial charge on any atom is -0.497 e. The van der Waals surface area contributed by atoms with Gasteiger partial charge < -0.3 is 15.0 Å². The van der Waals surface area contributed by atoms with Crippen LogP contribution >= 0.6 is 11.3 Å². The molecule has 2 heterocycles. The Balaban J connectivity index is 1.38. The van der Waals surface area contributed by atoms with Crippen molar-refractivity contribution in [3.8, 4) is 16.3 Å². The number of methoxy groups -OCH3 is 1. The van der Waals surface area contributed by atoms with E-state index >= 15 is 0 Å². The summed E-state index contributed by atoms with van der Waals surface area (Å²) in [6.07, 6.45) is 2.36. The Morgan fingerprint density at radius 2 is 2.07 bits per heavy atom. The van der Waals surface area contributed by atoms with Crippen LogP contribution in [0.5, 0.6) is 5.75 Å². The standard InChI is InChI=1S/C22H23N3O3S/c1-28-17-8-5-15(6-9-17)22-24-18-10-7-16(14-19(18)29-22)21(27)23-11-3-13-25-12-2-4-20(25)26/h5-10,14H,2-4,11-13H2,1H3,(H,23,27). The number of rotatable bonds is 7. The predicted octanol–water partition coefficient (Wildman–Crippen LogP) is 3.71. The van der Waals surface area contributed by atoms with Crippen molar-refractivity contribution >= 4 is 33.4 Å². The Hall–Kier alpha value is -2.93. The summed E-state index contributed by atoms with van der Waals surface area (Å²) in [5.41, 5.74) is 2.53. The van der Waals surface area contributed by atoms with Gasteiger partial charge in [0.25, 0.3) is 5.91 Å². The van der Waals surface area contributed by atoms with Crippen LogP contribution in [0, 0.1) is 0 Å². The Bertz CT molecular complexity index is 1030. The molecule has 1 saturated heterocycles. The first kappa shape index (κ1) is 19.4. The lowest BCUT2D eigenvalue weighted by Crippen LogP contribution is -2.30. The number of fused-ring (bicyclic) bond motifs is 1. The summed E-state index contributed by atoms with van der Waals surface area (Å²) >= 11 is 1.56. The third-order valence-electron chi connectivity index (χ3n) is 5.05. The predicted molar refractivity (Wildman–Crippen MR) is 114 cm³/mol. The van der Waals surface area contributed by atoms with Crippen molar-refractivity contribution < 1.29 is 14.3 Å². The van der Waals surface area contributed by atoms with Crippen molar-refractivity contribution in [1.82, 2.24) is 15.2 Å². The molecule has 0 aliphatic carbocycles. The van der Waals surface area contributed by atoms with Crippen LogP contribution in [-0.4, -0.2) is 48.4 Å². The average Bonchev–Trinajstić information content (AvgIpc) is 3.36. The molecule has 0 unspecified atom stereocenters. The Labute approximate surface area is 173 Å². The monoisotopic (exact) mass is 409 g/mol. The lowest BCUT2D eigenvalue weighted by Gasteiger charge is -2.15. The summed E-state index contributed by atoms with van der Waals surface area (Å²) in [4.78, 5) is 30.6. The number of nitrogens with zero attached hydrogens (tertiary/aromatic N) is 2. The van der Waals surface area contributed by atoms with Crippen molar-refractivity contribution in [3.63, 3.8) is 0 Å². The van der Waals surface area contributed by atoms with Gasteiger partial charge in [-0.3, -0.25) is 9.59 Å². The molecule has 4 rings (SSSR count). The lowest BCUT2D eigenvalue weighted by atomic mass is 10.2. The van der Waals surface area contributed by atoms with Crippen LogP contribution in [0.2, 0.25) is 0 Å². The smallest absolute Gasteiger partial charge is 0.251 e. The Morgan fingerprint density at radius 3 is 2.79 bits per heavy atom. The second-order valence-corrected chi connectivity index (χ2v) is 8.05. The quantitative estimate of drug-likeness (QED) is 0.604. The third-order valence-corrected chi connectivity index (χ3v) is 6.12. The third kappa shape index (κ3) is 4.40. The Kier molecular flexibility index (Phi) is 5.76. The molecule has 1 N–H and O–H groups in total. The fraction of sp³-hybridized carbons (Fsp3) is 0.318. The van der Waals surface area contributed by atoms with Crippen LogP contribution in [0.25, 0.3) is 20.8 Å². The highest BCUT2D eigenvalue weighted by molar-refractivity contribution is 7.21. The summed E-state index contributed by atoms with van der Waals surface area (Å²) in [7, 11) is 1.64. The van der Waals surface area contributed by atoms with Crippen molar-refractivity contribution in [2.24, 2.45) is 0 Å². The van der Waals surface area contributed by atoms with Gasteiger partial charge in [0.2, 0.25) is 5.91 Å². The molecular weight excluding hydrogens is 386 g/mol. The number of carbonyl (C=O) groups is 2. The highest BCUT2D eigenvalue weighted by Gasteiger charge is 2.19. The molecule has 3 aromatic rings. The van der Waals surface area contributed by atoms with Crippen LogP contribution in [0.4, 0.5) is 0 Å². The van der Waals surface area contributed by atoms with Gasteiger partial charge in [-0.2, -0.15) is 0 Å². The molecule has 1 aliphatic rings. The van der Waals surface area contributed by atoms with Crippen molar-refractivity contribution in [1.29, 1.82) is 0 Å². The van der Waals surface area contributed by atoms with E-state index < -0.39 is 0 Å². The van der Waals surface area contributed by atoms with E-state index in [0.29, 0.717) is 25.1 Å². The molecule has 0 radical (unpaired) electrons. The van der Waals surface area contributed by atoms with Gasteiger partial charge in [0.05, 0.1) is 17.3 Å². The largest absolute Gasteiger partial charge is 0.497 e. The number of benzene rings is 2. The van der Waals surface area contributed by atoms with E-state index in [9.17, 15) is 9.59 Å². The number of aromatic nitrogens is 1. The average molecular weight is 410 g/mol. The summed E-state index contributed by atoms with van der Waals surface area (Å²) in [5, 5.41) is 3.86. The maximum Gasteiger partial charge on any atom is 0.251 e. The van der Waals surface area contributed by atoms with Crippen molar-refractivity contribution in [2.75, 3.05) is 26.7 Å². The Morgan fingerprint density at radius 1 is 1.24 bits per heavy atom. The van der Waals surface area contributed by atoms with Crippen LogP contribution < -0.4 is 10.1 Å². The maximum atomic E-state index is 12.5. The topological polar surface area (TPSA) is 71.5 Å². The number of nitrogens with one attached hydrogen (secondary N) is 1. The molecule has 1 aliphatic heterocycles. The normalized spacial score (nSPS) is 13.8. The van der Waals surface area contributed by atoms with E-state index in [4.69, 9.17) is 4.74 Å². The first-order chi connectivity index (χ1) is 14.1. The molecule has 1 fully saturated rings. The summed E-state index contributed by atoms with van der Waals surface area (Å²) in [5.74, 6) is 0.932. The number of hydrogen-bond donors (Lipinski definition) is 1. The first-order valence-electron chi connectivity index (χ1n) is 9.75. The van der Waals surface area contributed by atoms with Gasteiger partial charge in [-0.15, -0.1) is 11.3 Å². The summed E-state index contributed by atoms with van der Waals surface area (Å²) in [6, 6.07) is 13.4. The number of thiazole rings is 1. The van der Waals surface area contributed by atoms with E-state index in [1.807, 2.05) is 41.3 Å². The second kappa shape index (κ2) is 8.61. The minimum absolute atomic E-state index is 0.0981. The van der Waals surface area contributed by atoms with Crippen molar-refractivity contribution in [2.45, 2.75) is 19.3 Å². The first-order valence-corrected chi connectivity index (χ1v) is 10.6. The molecule has 6 nitrogen and oxygen atoms in total. The molecule has 0 bridgehead atoms. The summed E-state index contributed by atoms with van der Waals surface area (Å²) in [6.45, 7) is 2.10. The maximum absolute atomic E-state index is 12.5. The van der Waals surface area contributed by atoms with Crippen molar-refractivity contribution in [3.05, 3.63) is 48.0 Å². The molecule has 0 spiro atoms. The zero-order valence-electron chi connectivity index (χ0n) is 16.3. The molecule has 150 valence electrons. The number of ether oxygens (including phenoxy) is 1. The molecule has 2 aromatic carbocycles. The van der Waals surface area contributed by atoms with Gasteiger partial charge in [0.1, 0.15) is 10.8 Å². The zero-order valence-corrected chi connectivity index (χ0v) is 17.1. The zero-order chi connectivity index (χ0) is 20.2. The second-order valence-electron chi connectivity index (χ2n) is 7.02. The molecule has 7 heteroatoms. The van der Waals surface area contributed by atoms with Crippen LogP contribution in [0.1, 0.15) is 29.6 Å². The van der Waals surface area contributed by atoms with Gasteiger partial charge in [-0.05, 0) is 55.3 Å². The van der Waals surface area contributed by atoms with Crippen LogP contribution in [0.15, 0.2) is 42.5 Å². The molecule has 0 saturated carbocycles. The summed E-state index contributed by atoms with van der Waals surface area (Å²) < 4.78 is 6.18. The number of amides is 2. The fourth-order valence-electron chi connectivity index (χ4n) is 3.44. The fourth-order valence-corrected chi connectivity index (χ4v) is 4.45. The van der Waals surface area contributed by atoms with E-state index in [1.54, 1.807) is 24.5 Å². The van der Waals surface area contributed by atoms with Gasteiger partial charge in [0, 0.05) is 37.2 Å².